The summed E-state index contributed by atoms with van der Waals surface area (Å²) in [6.45, 7) is 5.62. The molecule has 1 aromatic rings. The summed E-state index contributed by atoms with van der Waals surface area (Å²) < 4.78 is 10.2. The van der Waals surface area contributed by atoms with Gasteiger partial charge in [-0.3, -0.25) is 0 Å². The minimum absolute atomic E-state index is 0.0354. The standard InChI is InChI=1S/C14H20N2O3/c1-14(2)8-19-7-12(14)16-11-6-9(13(17)18-3)4-5-10(11)15/h4-6,12,16H,7-8,15H2,1-3H3. The lowest BCUT2D eigenvalue weighted by molar-refractivity contribution is 0.0601. The zero-order valence-electron chi connectivity index (χ0n) is 11.5. The van der Waals surface area contributed by atoms with Crippen molar-refractivity contribution in [3.05, 3.63) is 23.8 Å². The molecule has 1 saturated heterocycles. The third-order valence-electron chi connectivity index (χ3n) is 3.51. The SMILES string of the molecule is COC(=O)c1ccc(N)c(NC2COCC2(C)C)c1. The van der Waals surface area contributed by atoms with Gasteiger partial charge in [-0.05, 0) is 18.2 Å². The van der Waals surface area contributed by atoms with Gasteiger partial charge in [0.1, 0.15) is 0 Å². The van der Waals surface area contributed by atoms with E-state index in [9.17, 15) is 4.79 Å². The molecule has 1 aliphatic heterocycles. The van der Waals surface area contributed by atoms with Gasteiger partial charge in [0.05, 0.1) is 43.3 Å². The van der Waals surface area contributed by atoms with Crippen LogP contribution in [0.4, 0.5) is 11.4 Å². The fraction of sp³-hybridized carbons (Fsp3) is 0.500. The first-order chi connectivity index (χ1) is 8.94. The average Bonchev–Trinajstić information content (AvgIpc) is 2.70. The molecule has 1 atom stereocenters. The summed E-state index contributed by atoms with van der Waals surface area (Å²) >= 11 is 0. The van der Waals surface area contributed by atoms with Gasteiger partial charge >= 0.3 is 5.97 Å². The lowest BCUT2D eigenvalue weighted by atomic mass is 9.87. The van der Waals surface area contributed by atoms with E-state index in [1.165, 1.54) is 7.11 Å². The molecule has 0 radical (unpaired) electrons. The van der Waals surface area contributed by atoms with E-state index in [1.54, 1.807) is 18.2 Å². The second kappa shape index (κ2) is 5.09. The molecule has 0 spiro atoms. The van der Waals surface area contributed by atoms with E-state index in [0.717, 1.165) is 5.69 Å². The molecule has 1 aromatic carbocycles. The van der Waals surface area contributed by atoms with E-state index in [4.69, 9.17) is 15.2 Å². The van der Waals surface area contributed by atoms with E-state index < -0.39 is 0 Å². The summed E-state index contributed by atoms with van der Waals surface area (Å²) in [7, 11) is 1.36. The maximum atomic E-state index is 11.5. The molecule has 1 unspecified atom stereocenters. The van der Waals surface area contributed by atoms with Crippen molar-refractivity contribution in [1.82, 2.24) is 0 Å². The summed E-state index contributed by atoms with van der Waals surface area (Å²) in [6, 6.07) is 5.25. The molecule has 1 aliphatic rings. The van der Waals surface area contributed by atoms with Crippen LogP contribution in [0.15, 0.2) is 18.2 Å². The predicted octanol–water partition coefficient (Wildman–Crippen LogP) is 1.89. The highest BCUT2D eigenvalue weighted by Crippen LogP contribution is 2.32. The van der Waals surface area contributed by atoms with Crippen LogP contribution in [-0.4, -0.2) is 32.3 Å². The van der Waals surface area contributed by atoms with Crippen LogP contribution in [0.5, 0.6) is 0 Å². The number of methoxy groups -OCH3 is 1. The highest BCUT2D eigenvalue weighted by molar-refractivity contribution is 5.92. The maximum Gasteiger partial charge on any atom is 0.337 e. The Balaban J connectivity index is 2.22. The minimum Gasteiger partial charge on any atom is -0.465 e. The molecule has 0 bridgehead atoms. The fourth-order valence-electron chi connectivity index (χ4n) is 2.12. The molecule has 5 nitrogen and oxygen atoms in total. The second-order valence-electron chi connectivity index (χ2n) is 5.49. The molecule has 0 aromatic heterocycles. The fourth-order valence-corrected chi connectivity index (χ4v) is 2.12. The Hall–Kier alpha value is -1.75. The van der Waals surface area contributed by atoms with E-state index in [0.29, 0.717) is 24.5 Å². The molecular weight excluding hydrogens is 244 g/mol. The summed E-state index contributed by atoms with van der Waals surface area (Å²) in [5, 5.41) is 3.36. The minimum atomic E-state index is -0.370. The summed E-state index contributed by atoms with van der Waals surface area (Å²) in [5.41, 5.74) is 7.81. The number of esters is 1. The average molecular weight is 264 g/mol. The van der Waals surface area contributed by atoms with Gasteiger partial charge in [-0.25, -0.2) is 4.79 Å². The number of nitrogen functional groups attached to an aromatic ring is 1. The monoisotopic (exact) mass is 264 g/mol. The molecule has 3 N–H and O–H groups in total. The van der Waals surface area contributed by atoms with Gasteiger partial charge in [-0.15, -0.1) is 0 Å². The van der Waals surface area contributed by atoms with Crippen molar-refractivity contribution in [2.24, 2.45) is 5.41 Å². The molecule has 1 fully saturated rings. The molecule has 5 heteroatoms. The Morgan fingerprint density at radius 3 is 2.84 bits per heavy atom. The van der Waals surface area contributed by atoms with Crippen molar-refractivity contribution in [2.45, 2.75) is 19.9 Å². The molecule has 0 saturated carbocycles. The van der Waals surface area contributed by atoms with E-state index in [1.807, 2.05) is 0 Å². The topological polar surface area (TPSA) is 73.6 Å². The Kier molecular flexibility index (Phi) is 3.66. The van der Waals surface area contributed by atoms with Crippen molar-refractivity contribution < 1.29 is 14.3 Å². The first kappa shape index (κ1) is 13.7. The molecule has 0 aliphatic carbocycles. The third-order valence-corrected chi connectivity index (χ3v) is 3.51. The molecule has 104 valence electrons. The van der Waals surface area contributed by atoms with E-state index in [2.05, 4.69) is 19.2 Å². The Morgan fingerprint density at radius 1 is 1.53 bits per heavy atom. The molecule has 0 amide bonds. The van der Waals surface area contributed by atoms with Crippen LogP contribution in [-0.2, 0) is 9.47 Å². The van der Waals surface area contributed by atoms with Crippen LogP contribution >= 0.6 is 0 Å². The third kappa shape index (κ3) is 2.81. The zero-order chi connectivity index (χ0) is 14.0. The maximum absolute atomic E-state index is 11.5. The number of benzene rings is 1. The van der Waals surface area contributed by atoms with Crippen LogP contribution in [0.3, 0.4) is 0 Å². The van der Waals surface area contributed by atoms with Crippen LogP contribution in [0.25, 0.3) is 0 Å². The zero-order valence-corrected chi connectivity index (χ0v) is 11.5. The van der Waals surface area contributed by atoms with Gasteiger partial charge in [0.25, 0.3) is 0 Å². The highest BCUT2D eigenvalue weighted by atomic mass is 16.5. The van der Waals surface area contributed by atoms with Crippen molar-refractivity contribution in [1.29, 1.82) is 0 Å². The second-order valence-corrected chi connectivity index (χ2v) is 5.49. The van der Waals surface area contributed by atoms with Gasteiger partial charge in [0.2, 0.25) is 0 Å². The number of anilines is 2. The predicted molar refractivity (Wildman–Crippen MR) is 74.2 cm³/mol. The van der Waals surface area contributed by atoms with Gasteiger partial charge < -0.3 is 20.5 Å². The molecule has 2 rings (SSSR count). The van der Waals surface area contributed by atoms with Gasteiger partial charge in [-0.2, -0.15) is 0 Å². The first-order valence-electron chi connectivity index (χ1n) is 6.26. The summed E-state index contributed by atoms with van der Waals surface area (Å²) in [4.78, 5) is 11.5. The largest absolute Gasteiger partial charge is 0.465 e. The number of nitrogens with two attached hydrogens (primary N) is 1. The number of hydrogen-bond acceptors (Lipinski definition) is 5. The Bertz CT molecular complexity index is 486. The Labute approximate surface area is 113 Å². The van der Waals surface area contributed by atoms with Gasteiger partial charge in [-0.1, -0.05) is 13.8 Å². The van der Waals surface area contributed by atoms with Crippen molar-refractivity contribution in [2.75, 3.05) is 31.4 Å². The van der Waals surface area contributed by atoms with E-state index >= 15 is 0 Å². The number of carbonyl (C=O) groups is 1. The smallest absolute Gasteiger partial charge is 0.337 e. The Morgan fingerprint density at radius 2 is 2.26 bits per heavy atom. The van der Waals surface area contributed by atoms with Crippen LogP contribution in [0, 0.1) is 5.41 Å². The first-order valence-corrected chi connectivity index (χ1v) is 6.26. The van der Waals surface area contributed by atoms with Crippen LogP contribution in [0.2, 0.25) is 0 Å². The number of ether oxygens (including phenoxy) is 2. The number of nitrogens with one attached hydrogen (secondary N) is 1. The molecular formula is C14H20N2O3. The lowest BCUT2D eigenvalue weighted by Crippen LogP contribution is -2.34. The molecule has 1 heterocycles. The van der Waals surface area contributed by atoms with Gasteiger partial charge in [0, 0.05) is 5.41 Å². The van der Waals surface area contributed by atoms with Crippen molar-refractivity contribution in [3.63, 3.8) is 0 Å². The van der Waals surface area contributed by atoms with E-state index in [-0.39, 0.29) is 17.4 Å². The summed E-state index contributed by atoms with van der Waals surface area (Å²) in [5.74, 6) is -0.370. The van der Waals surface area contributed by atoms with Crippen LogP contribution in [0.1, 0.15) is 24.2 Å². The quantitative estimate of drug-likeness (QED) is 0.644. The van der Waals surface area contributed by atoms with Crippen LogP contribution < -0.4 is 11.1 Å². The number of rotatable bonds is 3. The number of hydrogen-bond donors (Lipinski definition) is 2. The lowest BCUT2D eigenvalue weighted by Gasteiger charge is -2.27. The van der Waals surface area contributed by atoms with Crippen molar-refractivity contribution >= 4 is 17.3 Å². The van der Waals surface area contributed by atoms with Gasteiger partial charge in [0.15, 0.2) is 0 Å². The summed E-state index contributed by atoms with van der Waals surface area (Å²) in [6.07, 6.45) is 0. The highest BCUT2D eigenvalue weighted by Gasteiger charge is 2.35. The molecule has 19 heavy (non-hydrogen) atoms. The normalized spacial score (nSPS) is 21.1. The number of carbonyl (C=O) groups excluding carboxylic acids is 1. The van der Waals surface area contributed by atoms with Crippen molar-refractivity contribution in [3.8, 4) is 0 Å².